The highest BCUT2D eigenvalue weighted by Crippen LogP contribution is 2.22. The molecule has 2 aromatic carbocycles. The van der Waals surface area contributed by atoms with Gasteiger partial charge < -0.3 is 24.8 Å². The van der Waals surface area contributed by atoms with Crippen molar-refractivity contribution < 1.29 is 28.6 Å². The number of amides is 2. The molecule has 0 unspecified atom stereocenters. The van der Waals surface area contributed by atoms with Gasteiger partial charge in [0.2, 0.25) is 5.91 Å². The van der Waals surface area contributed by atoms with E-state index in [0.717, 1.165) is 16.9 Å². The van der Waals surface area contributed by atoms with Gasteiger partial charge in [0.05, 0.1) is 25.5 Å². The molecule has 182 valence electrons. The number of hydrogen-bond donors (Lipinski definition) is 2. The third kappa shape index (κ3) is 8.61. The summed E-state index contributed by atoms with van der Waals surface area (Å²) in [4.78, 5) is 36.0. The molecule has 8 nitrogen and oxygen atoms in total. The quantitative estimate of drug-likeness (QED) is 0.317. The fraction of sp³-hybridized carbons (Fsp3) is 0.346. The van der Waals surface area contributed by atoms with Crippen LogP contribution in [0.2, 0.25) is 0 Å². The predicted octanol–water partition coefficient (Wildman–Crippen LogP) is 4.59. The molecule has 0 saturated carbocycles. The van der Waals surface area contributed by atoms with Crippen molar-refractivity contribution in [1.82, 2.24) is 5.32 Å². The molecule has 8 heteroatoms. The predicted molar refractivity (Wildman–Crippen MR) is 131 cm³/mol. The monoisotopic (exact) mass is 468 g/mol. The number of aryl methyl sites for hydroxylation is 1. The Bertz CT molecular complexity index is 1040. The molecule has 0 aromatic heterocycles. The maximum Gasteiger partial charge on any atom is 0.407 e. The van der Waals surface area contributed by atoms with E-state index in [2.05, 4.69) is 10.6 Å². The van der Waals surface area contributed by atoms with Crippen molar-refractivity contribution in [2.75, 3.05) is 26.1 Å². The molecule has 2 aromatic rings. The number of methoxy groups -OCH3 is 2. The van der Waals surface area contributed by atoms with Crippen LogP contribution >= 0.6 is 0 Å². The maximum atomic E-state index is 12.4. The fourth-order valence-corrected chi connectivity index (χ4v) is 3.11. The molecule has 34 heavy (non-hydrogen) atoms. The first-order valence-electron chi connectivity index (χ1n) is 10.9. The van der Waals surface area contributed by atoms with Crippen LogP contribution in [0.1, 0.15) is 48.7 Å². The summed E-state index contributed by atoms with van der Waals surface area (Å²) >= 11 is 0. The second-order valence-electron chi connectivity index (χ2n) is 8.46. The standard InChI is InChI=1S/C26H32N2O6/c1-26(2,3)34-25(31)27-16-8-9-19-17-18(12-14-22(19)32-4)13-15-23(29)28-21-11-7-6-10-20(21)24(30)33-5/h6-7,10-15,17H,8-9,16H2,1-5H3,(H,27,31)(H,28,29). The zero-order chi connectivity index (χ0) is 25.1. The Hall–Kier alpha value is -3.81. The molecule has 0 radical (unpaired) electrons. The van der Waals surface area contributed by atoms with Gasteiger partial charge >= 0.3 is 12.1 Å². The van der Waals surface area contributed by atoms with Crippen molar-refractivity contribution in [1.29, 1.82) is 0 Å². The number of nitrogens with one attached hydrogen (secondary N) is 2. The Labute approximate surface area is 200 Å². The molecule has 0 saturated heterocycles. The second kappa shape index (κ2) is 12.4. The minimum Gasteiger partial charge on any atom is -0.496 e. The number of carbonyl (C=O) groups excluding carboxylic acids is 3. The zero-order valence-electron chi connectivity index (χ0n) is 20.3. The smallest absolute Gasteiger partial charge is 0.407 e. The van der Waals surface area contributed by atoms with Gasteiger partial charge in [-0.05, 0) is 75.1 Å². The third-order valence-electron chi connectivity index (χ3n) is 4.61. The molecule has 0 spiro atoms. The first kappa shape index (κ1) is 26.4. The number of rotatable bonds is 9. The Morgan fingerprint density at radius 2 is 1.76 bits per heavy atom. The van der Waals surface area contributed by atoms with Crippen LogP contribution in [0.4, 0.5) is 10.5 Å². The lowest BCUT2D eigenvalue weighted by Gasteiger charge is -2.19. The van der Waals surface area contributed by atoms with E-state index >= 15 is 0 Å². The number of benzene rings is 2. The molecule has 0 fully saturated rings. The summed E-state index contributed by atoms with van der Waals surface area (Å²) in [6.45, 7) is 5.90. The van der Waals surface area contributed by atoms with Crippen molar-refractivity contribution in [3.63, 3.8) is 0 Å². The molecule has 0 atom stereocenters. The highest BCUT2D eigenvalue weighted by molar-refractivity contribution is 6.06. The lowest BCUT2D eigenvalue weighted by molar-refractivity contribution is -0.111. The van der Waals surface area contributed by atoms with Crippen molar-refractivity contribution in [2.24, 2.45) is 0 Å². The number of esters is 1. The van der Waals surface area contributed by atoms with Crippen LogP contribution in [0.15, 0.2) is 48.5 Å². The fourth-order valence-electron chi connectivity index (χ4n) is 3.11. The summed E-state index contributed by atoms with van der Waals surface area (Å²) in [7, 11) is 2.88. The molecular formula is C26H32N2O6. The molecule has 2 amide bonds. The van der Waals surface area contributed by atoms with E-state index in [4.69, 9.17) is 14.2 Å². The summed E-state index contributed by atoms with van der Waals surface area (Å²) in [5.74, 6) is -0.179. The Kier molecular flexibility index (Phi) is 9.67. The lowest BCUT2D eigenvalue weighted by atomic mass is 10.0. The Morgan fingerprint density at radius 1 is 1.03 bits per heavy atom. The van der Waals surface area contributed by atoms with Crippen molar-refractivity contribution >= 4 is 29.7 Å². The van der Waals surface area contributed by atoms with E-state index < -0.39 is 17.7 Å². The van der Waals surface area contributed by atoms with Crippen molar-refractivity contribution in [3.8, 4) is 5.75 Å². The number of para-hydroxylation sites is 1. The minimum atomic E-state index is -0.540. The summed E-state index contributed by atoms with van der Waals surface area (Å²) in [6.07, 6.45) is 3.98. The lowest BCUT2D eigenvalue weighted by Crippen LogP contribution is -2.33. The van der Waals surface area contributed by atoms with Crippen LogP contribution in [-0.2, 0) is 20.7 Å². The summed E-state index contributed by atoms with van der Waals surface area (Å²) in [5, 5.41) is 5.44. The average Bonchev–Trinajstić information content (AvgIpc) is 2.79. The highest BCUT2D eigenvalue weighted by Gasteiger charge is 2.15. The Balaban J connectivity index is 1.99. The van der Waals surface area contributed by atoms with Crippen LogP contribution in [-0.4, -0.2) is 44.3 Å². The molecular weight excluding hydrogens is 436 g/mol. The van der Waals surface area contributed by atoms with Crippen molar-refractivity contribution in [2.45, 2.75) is 39.2 Å². The summed E-state index contributed by atoms with van der Waals surface area (Å²) in [6, 6.07) is 12.2. The number of anilines is 1. The molecule has 2 N–H and O–H groups in total. The number of hydrogen-bond acceptors (Lipinski definition) is 6. The van der Waals surface area contributed by atoms with Crippen LogP contribution in [0.25, 0.3) is 6.08 Å². The van der Waals surface area contributed by atoms with E-state index in [0.29, 0.717) is 25.1 Å². The second-order valence-corrected chi connectivity index (χ2v) is 8.46. The zero-order valence-corrected chi connectivity index (χ0v) is 20.3. The molecule has 0 aliphatic heterocycles. The van der Waals surface area contributed by atoms with Gasteiger partial charge in [-0.25, -0.2) is 9.59 Å². The first-order chi connectivity index (χ1) is 16.1. The van der Waals surface area contributed by atoms with E-state index in [1.807, 2.05) is 39.0 Å². The van der Waals surface area contributed by atoms with E-state index in [1.165, 1.54) is 13.2 Å². The molecule has 0 aliphatic carbocycles. The SMILES string of the molecule is COC(=O)c1ccccc1NC(=O)C=Cc1ccc(OC)c(CCCNC(=O)OC(C)(C)C)c1. The molecule has 0 heterocycles. The van der Waals surface area contributed by atoms with Gasteiger partial charge in [0.15, 0.2) is 0 Å². The van der Waals surface area contributed by atoms with Gasteiger partial charge in [0, 0.05) is 12.6 Å². The largest absolute Gasteiger partial charge is 0.496 e. The minimum absolute atomic E-state index is 0.276. The number of carbonyl (C=O) groups is 3. The van der Waals surface area contributed by atoms with Crippen LogP contribution in [0, 0.1) is 0 Å². The average molecular weight is 469 g/mol. The summed E-state index contributed by atoms with van der Waals surface area (Å²) in [5.41, 5.74) is 1.87. The van der Waals surface area contributed by atoms with Crippen LogP contribution in [0.3, 0.4) is 0 Å². The van der Waals surface area contributed by atoms with Crippen molar-refractivity contribution in [3.05, 3.63) is 65.2 Å². The summed E-state index contributed by atoms with van der Waals surface area (Å²) < 4.78 is 15.4. The Morgan fingerprint density at radius 3 is 2.44 bits per heavy atom. The molecule has 0 bridgehead atoms. The normalized spacial score (nSPS) is 11.1. The van der Waals surface area contributed by atoms with Gasteiger partial charge in [-0.3, -0.25) is 4.79 Å². The van der Waals surface area contributed by atoms with Gasteiger partial charge in [-0.2, -0.15) is 0 Å². The van der Waals surface area contributed by atoms with E-state index in [1.54, 1.807) is 37.5 Å². The third-order valence-corrected chi connectivity index (χ3v) is 4.61. The number of alkyl carbamates (subject to hydrolysis) is 1. The highest BCUT2D eigenvalue weighted by atomic mass is 16.6. The van der Waals surface area contributed by atoms with Gasteiger partial charge in [-0.1, -0.05) is 18.2 Å². The van der Waals surface area contributed by atoms with E-state index in [9.17, 15) is 14.4 Å². The van der Waals surface area contributed by atoms with Crippen LogP contribution in [0.5, 0.6) is 5.75 Å². The van der Waals surface area contributed by atoms with Gasteiger partial charge in [0.25, 0.3) is 0 Å². The van der Waals surface area contributed by atoms with E-state index in [-0.39, 0.29) is 11.5 Å². The van der Waals surface area contributed by atoms with Gasteiger partial charge in [-0.15, -0.1) is 0 Å². The topological polar surface area (TPSA) is 103 Å². The maximum absolute atomic E-state index is 12.4. The number of ether oxygens (including phenoxy) is 3. The first-order valence-corrected chi connectivity index (χ1v) is 10.9. The molecule has 0 aliphatic rings. The van der Waals surface area contributed by atoms with Gasteiger partial charge in [0.1, 0.15) is 11.4 Å². The van der Waals surface area contributed by atoms with Crippen LogP contribution < -0.4 is 15.4 Å². The molecule has 2 rings (SSSR count).